The van der Waals surface area contributed by atoms with Crippen LogP contribution in [-0.2, 0) is 0 Å². The highest BCUT2D eigenvalue weighted by atomic mass is 79.9. The van der Waals surface area contributed by atoms with Crippen LogP contribution in [0.5, 0.6) is 5.75 Å². The Morgan fingerprint density at radius 1 is 1.22 bits per heavy atom. The number of halogens is 1. The summed E-state index contributed by atoms with van der Waals surface area (Å²) < 4.78 is 6.64. The molecule has 1 N–H and O–H groups in total. The zero-order valence-corrected chi connectivity index (χ0v) is 12.2. The third-order valence-corrected chi connectivity index (χ3v) is 3.95. The molecule has 0 saturated heterocycles. The van der Waals surface area contributed by atoms with Gasteiger partial charge in [-0.2, -0.15) is 0 Å². The molecule has 0 heterocycles. The van der Waals surface area contributed by atoms with Crippen molar-refractivity contribution in [2.45, 2.75) is 25.9 Å². The highest BCUT2D eigenvalue weighted by Gasteiger charge is 2.19. The molecular weight excluding hydrogens is 292 g/mol. The van der Waals surface area contributed by atoms with Crippen molar-refractivity contribution in [1.29, 1.82) is 0 Å². The summed E-state index contributed by atoms with van der Waals surface area (Å²) in [7, 11) is 0. The maximum absolute atomic E-state index is 9.95. The minimum absolute atomic E-state index is 0.292. The SMILES string of the molecule is CCC(C)(O)COc1ccc2ccccc2c1Br. The summed E-state index contributed by atoms with van der Waals surface area (Å²) >= 11 is 3.56. The predicted molar refractivity (Wildman–Crippen MR) is 78.1 cm³/mol. The molecule has 0 aliphatic rings. The first-order chi connectivity index (χ1) is 8.53. The van der Waals surface area contributed by atoms with Crippen molar-refractivity contribution in [1.82, 2.24) is 0 Å². The van der Waals surface area contributed by atoms with Gasteiger partial charge >= 0.3 is 0 Å². The van der Waals surface area contributed by atoms with E-state index in [-0.39, 0.29) is 0 Å². The van der Waals surface area contributed by atoms with Crippen molar-refractivity contribution in [3.05, 3.63) is 40.9 Å². The standard InChI is InChI=1S/C15H17BrO2/c1-3-15(2,17)10-18-13-9-8-11-6-4-5-7-12(11)14(13)16/h4-9,17H,3,10H2,1-2H3. The number of rotatable bonds is 4. The molecule has 2 aromatic rings. The first kappa shape index (κ1) is 13.4. The monoisotopic (exact) mass is 308 g/mol. The fraction of sp³-hybridized carbons (Fsp3) is 0.333. The Labute approximate surface area is 116 Å². The molecule has 2 rings (SSSR count). The molecule has 0 aliphatic heterocycles. The van der Waals surface area contributed by atoms with E-state index in [1.807, 2.05) is 37.3 Å². The lowest BCUT2D eigenvalue weighted by molar-refractivity contribution is 0.00828. The Morgan fingerprint density at radius 2 is 1.94 bits per heavy atom. The molecular formula is C15H17BrO2. The normalized spacial score (nSPS) is 14.4. The largest absolute Gasteiger partial charge is 0.489 e. The van der Waals surface area contributed by atoms with Gasteiger partial charge in [0.15, 0.2) is 0 Å². The fourth-order valence-electron chi connectivity index (χ4n) is 1.66. The van der Waals surface area contributed by atoms with Gasteiger partial charge in [-0.05, 0) is 46.1 Å². The number of fused-ring (bicyclic) bond motifs is 1. The lowest BCUT2D eigenvalue weighted by Gasteiger charge is -2.22. The summed E-state index contributed by atoms with van der Waals surface area (Å²) in [4.78, 5) is 0. The van der Waals surface area contributed by atoms with Crippen molar-refractivity contribution >= 4 is 26.7 Å². The number of ether oxygens (including phenoxy) is 1. The second kappa shape index (κ2) is 5.29. The quantitative estimate of drug-likeness (QED) is 0.919. The smallest absolute Gasteiger partial charge is 0.134 e. The molecule has 1 unspecified atom stereocenters. The van der Waals surface area contributed by atoms with Crippen LogP contribution in [0.4, 0.5) is 0 Å². The number of hydrogen-bond acceptors (Lipinski definition) is 2. The molecule has 2 aromatic carbocycles. The highest BCUT2D eigenvalue weighted by molar-refractivity contribution is 9.10. The number of hydrogen-bond donors (Lipinski definition) is 1. The Kier molecular flexibility index (Phi) is 3.93. The maximum atomic E-state index is 9.95. The Bertz CT molecular complexity index is 549. The lowest BCUT2D eigenvalue weighted by atomic mass is 10.1. The molecule has 0 spiro atoms. The van der Waals surface area contributed by atoms with Crippen LogP contribution in [0.25, 0.3) is 10.8 Å². The van der Waals surface area contributed by atoms with Crippen molar-refractivity contribution in [2.24, 2.45) is 0 Å². The molecule has 0 fully saturated rings. The average molecular weight is 309 g/mol. The van der Waals surface area contributed by atoms with Crippen molar-refractivity contribution in [2.75, 3.05) is 6.61 Å². The van der Waals surface area contributed by atoms with Crippen LogP contribution in [0.3, 0.4) is 0 Å². The Balaban J connectivity index is 2.27. The third-order valence-electron chi connectivity index (χ3n) is 3.13. The van der Waals surface area contributed by atoms with Crippen LogP contribution in [0, 0.1) is 0 Å². The van der Waals surface area contributed by atoms with Crippen LogP contribution in [0.1, 0.15) is 20.3 Å². The van der Waals surface area contributed by atoms with Gasteiger partial charge in [0.1, 0.15) is 12.4 Å². The minimum Gasteiger partial charge on any atom is -0.489 e. The second-order valence-corrected chi connectivity index (χ2v) is 5.53. The minimum atomic E-state index is -0.787. The van der Waals surface area contributed by atoms with E-state index in [0.717, 1.165) is 15.6 Å². The second-order valence-electron chi connectivity index (χ2n) is 4.74. The van der Waals surface area contributed by atoms with Gasteiger partial charge in [0.05, 0.1) is 10.1 Å². The summed E-state index contributed by atoms with van der Waals surface area (Å²) in [5.41, 5.74) is -0.787. The molecule has 0 bridgehead atoms. The Hall–Kier alpha value is -1.06. The van der Waals surface area contributed by atoms with Crippen LogP contribution in [-0.4, -0.2) is 17.3 Å². The molecule has 96 valence electrons. The maximum Gasteiger partial charge on any atom is 0.134 e. The van der Waals surface area contributed by atoms with Gasteiger partial charge in [0.25, 0.3) is 0 Å². The van der Waals surface area contributed by atoms with Gasteiger partial charge in [0.2, 0.25) is 0 Å². The molecule has 0 aliphatic carbocycles. The van der Waals surface area contributed by atoms with E-state index in [1.165, 1.54) is 5.39 Å². The first-order valence-electron chi connectivity index (χ1n) is 6.06. The molecule has 0 aromatic heterocycles. The van der Waals surface area contributed by atoms with E-state index in [1.54, 1.807) is 6.92 Å². The topological polar surface area (TPSA) is 29.5 Å². The average Bonchev–Trinajstić information content (AvgIpc) is 2.38. The van der Waals surface area contributed by atoms with Gasteiger partial charge in [-0.25, -0.2) is 0 Å². The van der Waals surface area contributed by atoms with E-state index in [2.05, 4.69) is 22.0 Å². The zero-order valence-electron chi connectivity index (χ0n) is 10.6. The third kappa shape index (κ3) is 2.85. The summed E-state index contributed by atoms with van der Waals surface area (Å²) in [6, 6.07) is 12.1. The molecule has 18 heavy (non-hydrogen) atoms. The van der Waals surface area contributed by atoms with Gasteiger partial charge in [-0.15, -0.1) is 0 Å². The van der Waals surface area contributed by atoms with E-state index in [9.17, 15) is 5.11 Å². The van der Waals surface area contributed by atoms with Gasteiger partial charge in [0, 0.05) is 0 Å². The van der Waals surface area contributed by atoms with Crippen LogP contribution >= 0.6 is 15.9 Å². The van der Waals surface area contributed by atoms with Gasteiger partial charge < -0.3 is 9.84 Å². The summed E-state index contributed by atoms with van der Waals surface area (Å²) in [5, 5.41) is 12.2. The fourth-order valence-corrected chi connectivity index (χ4v) is 2.27. The molecule has 0 amide bonds. The van der Waals surface area contributed by atoms with E-state index in [4.69, 9.17) is 4.74 Å². The molecule has 2 nitrogen and oxygen atoms in total. The van der Waals surface area contributed by atoms with Crippen molar-refractivity contribution < 1.29 is 9.84 Å². The van der Waals surface area contributed by atoms with Gasteiger partial charge in [-0.3, -0.25) is 0 Å². The predicted octanol–water partition coefficient (Wildman–Crippen LogP) is 4.14. The molecule has 3 heteroatoms. The van der Waals surface area contributed by atoms with E-state index < -0.39 is 5.60 Å². The summed E-state index contributed by atoms with van der Waals surface area (Å²) in [6.45, 7) is 4.02. The lowest BCUT2D eigenvalue weighted by Crippen LogP contribution is -2.31. The van der Waals surface area contributed by atoms with Crippen LogP contribution in [0.2, 0.25) is 0 Å². The van der Waals surface area contributed by atoms with Crippen molar-refractivity contribution in [3.8, 4) is 5.75 Å². The summed E-state index contributed by atoms with van der Waals surface area (Å²) in [6.07, 6.45) is 0.665. The molecule has 0 saturated carbocycles. The van der Waals surface area contributed by atoms with Gasteiger partial charge in [-0.1, -0.05) is 37.3 Å². The van der Waals surface area contributed by atoms with E-state index >= 15 is 0 Å². The van der Waals surface area contributed by atoms with Crippen LogP contribution < -0.4 is 4.74 Å². The summed E-state index contributed by atoms with van der Waals surface area (Å²) in [5.74, 6) is 0.766. The highest BCUT2D eigenvalue weighted by Crippen LogP contribution is 2.33. The molecule has 0 radical (unpaired) electrons. The zero-order chi connectivity index (χ0) is 13.2. The molecule has 1 atom stereocenters. The number of aliphatic hydroxyl groups is 1. The first-order valence-corrected chi connectivity index (χ1v) is 6.85. The Morgan fingerprint density at radius 3 is 2.67 bits per heavy atom. The number of benzene rings is 2. The van der Waals surface area contributed by atoms with Crippen molar-refractivity contribution in [3.63, 3.8) is 0 Å². The van der Waals surface area contributed by atoms with Crippen LogP contribution in [0.15, 0.2) is 40.9 Å². The van der Waals surface area contributed by atoms with E-state index in [0.29, 0.717) is 13.0 Å².